The first-order valence-corrected chi connectivity index (χ1v) is 10.0. The van der Waals surface area contributed by atoms with Crippen LogP contribution < -0.4 is 4.74 Å². The average molecular weight is 383 g/mol. The van der Waals surface area contributed by atoms with Crippen molar-refractivity contribution < 1.29 is 14.1 Å². The zero-order chi connectivity index (χ0) is 18.5. The third kappa shape index (κ3) is 4.54. The molecule has 0 spiro atoms. The Balaban J connectivity index is 1.31. The number of thiophene rings is 1. The van der Waals surface area contributed by atoms with Gasteiger partial charge >= 0.3 is 0 Å². The van der Waals surface area contributed by atoms with E-state index >= 15 is 0 Å². The molecule has 0 N–H and O–H groups in total. The first-order chi connectivity index (χ1) is 13.3. The minimum Gasteiger partial charge on any atom is -0.484 e. The molecule has 1 aliphatic rings. The smallest absolute Gasteiger partial charge is 0.260 e. The number of hydrogen-bond acceptors (Lipinski definition) is 6. The molecule has 1 aromatic carbocycles. The Morgan fingerprint density at radius 1 is 1.30 bits per heavy atom. The van der Waals surface area contributed by atoms with E-state index in [2.05, 4.69) is 10.1 Å². The summed E-state index contributed by atoms with van der Waals surface area (Å²) in [4.78, 5) is 18.9. The van der Waals surface area contributed by atoms with Crippen molar-refractivity contribution in [2.24, 2.45) is 5.92 Å². The molecule has 1 atom stereocenters. The van der Waals surface area contributed by atoms with Crippen LogP contribution in [0, 0.1) is 5.92 Å². The van der Waals surface area contributed by atoms with Gasteiger partial charge in [-0.05, 0) is 42.3 Å². The Morgan fingerprint density at radius 2 is 2.19 bits per heavy atom. The van der Waals surface area contributed by atoms with Crippen molar-refractivity contribution >= 4 is 17.2 Å². The predicted molar refractivity (Wildman–Crippen MR) is 103 cm³/mol. The fourth-order valence-corrected chi connectivity index (χ4v) is 3.94. The number of nitrogens with zero attached hydrogens (tertiary/aromatic N) is 3. The van der Waals surface area contributed by atoms with Gasteiger partial charge in [-0.3, -0.25) is 4.79 Å². The van der Waals surface area contributed by atoms with Crippen LogP contribution in [-0.2, 0) is 11.2 Å². The molecular formula is C20H21N3O3S. The van der Waals surface area contributed by atoms with Crippen LogP contribution in [0.4, 0.5) is 0 Å². The van der Waals surface area contributed by atoms with Crippen LogP contribution >= 0.6 is 11.3 Å². The fourth-order valence-electron chi connectivity index (χ4n) is 3.30. The standard InChI is InChI=1S/C20H21N3O3S/c24-19(13-25-17-6-2-1-3-7-17)23-9-4-5-15(12-23)11-18-21-20(22-26-18)16-8-10-27-14-16/h1-3,6-8,10,14-15H,4-5,9,11-13H2. The summed E-state index contributed by atoms with van der Waals surface area (Å²) in [5, 5.41) is 8.06. The highest BCUT2D eigenvalue weighted by molar-refractivity contribution is 7.08. The third-order valence-electron chi connectivity index (χ3n) is 4.69. The summed E-state index contributed by atoms with van der Waals surface area (Å²) in [5.41, 5.74) is 0.980. The average Bonchev–Trinajstić information content (AvgIpc) is 3.39. The Labute approximate surface area is 161 Å². The molecular weight excluding hydrogens is 362 g/mol. The molecule has 3 aromatic rings. The molecule has 1 fully saturated rings. The van der Waals surface area contributed by atoms with Crippen molar-refractivity contribution in [2.75, 3.05) is 19.7 Å². The Morgan fingerprint density at radius 3 is 3.00 bits per heavy atom. The highest BCUT2D eigenvalue weighted by Gasteiger charge is 2.25. The second-order valence-corrected chi connectivity index (χ2v) is 7.46. The van der Waals surface area contributed by atoms with Gasteiger partial charge in [-0.25, -0.2) is 0 Å². The zero-order valence-corrected chi connectivity index (χ0v) is 15.7. The topological polar surface area (TPSA) is 68.5 Å². The van der Waals surface area contributed by atoms with E-state index in [0.29, 0.717) is 36.3 Å². The van der Waals surface area contributed by atoms with Crippen molar-refractivity contribution in [1.82, 2.24) is 15.0 Å². The van der Waals surface area contributed by atoms with Crippen LogP contribution in [-0.4, -0.2) is 40.6 Å². The highest BCUT2D eigenvalue weighted by Crippen LogP contribution is 2.23. The van der Waals surface area contributed by atoms with E-state index in [9.17, 15) is 4.79 Å². The molecule has 3 heterocycles. The number of para-hydroxylation sites is 1. The van der Waals surface area contributed by atoms with Crippen molar-refractivity contribution in [1.29, 1.82) is 0 Å². The lowest BCUT2D eigenvalue weighted by atomic mass is 9.95. The summed E-state index contributed by atoms with van der Waals surface area (Å²) in [7, 11) is 0. The summed E-state index contributed by atoms with van der Waals surface area (Å²) in [6.07, 6.45) is 2.73. The second kappa shape index (κ2) is 8.35. The van der Waals surface area contributed by atoms with Gasteiger partial charge in [-0.15, -0.1) is 0 Å². The van der Waals surface area contributed by atoms with Gasteiger partial charge in [0.15, 0.2) is 6.61 Å². The summed E-state index contributed by atoms with van der Waals surface area (Å²) >= 11 is 1.61. The molecule has 6 nitrogen and oxygen atoms in total. The van der Waals surface area contributed by atoms with Gasteiger partial charge in [0, 0.05) is 30.5 Å². The molecule has 140 valence electrons. The van der Waals surface area contributed by atoms with Crippen molar-refractivity contribution in [3.8, 4) is 17.1 Å². The molecule has 0 radical (unpaired) electrons. The first kappa shape index (κ1) is 17.7. The van der Waals surface area contributed by atoms with Gasteiger partial charge in [0.05, 0.1) is 0 Å². The molecule has 1 amide bonds. The number of piperidine rings is 1. The molecule has 2 aromatic heterocycles. The molecule has 4 rings (SSSR count). The maximum atomic E-state index is 12.5. The van der Waals surface area contributed by atoms with E-state index in [1.54, 1.807) is 11.3 Å². The summed E-state index contributed by atoms with van der Waals surface area (Å²) in [6.45, 7) is 1.55. The van der Waals surface area contributed by atoms with Crippen LogP contribution in [0.2, 0.25) is 0 Å². The van der Waals surface area contributed by atoms with Gasteiger partial charge in [-0.1, -0.05) is 23.4 Å². The maximum absolute atomic E-state index is 12.5. The van der Waals surface area contributed by atoms with Crippen LogP contribution in [0.25, 0.3) is 11.4 Å². The number of ether oxygens (including phenoxy) is 1. The van der Waals surface area contributed by atoms with E-state index in [4.69, 9.17) is 9.26 Å². The van der Waals surface area contributed by atoms with E-state index < -0.39 is 0 Å². The third-order valence-corrected chi connectivity index (χ3v) is 5.37. The Bertz CT molecular complexity index is 864. The van der Waals surface area contributed by atoms with E-state index in [0.717, 1.165) is 24.9 Å². The number of carbonyl (C=O) groups excluding carboxylic acids is 1. The number of likely N-dealkylation sites (tertiary alicyclic amines) is 1. The maximum Gasteiger partial charge on any atom is 0.260 e. The number of hydrogen-bond donors (Lipinski definition) is 0. The number of aromatic nitrogens is 2. The number of amides is 1. The van der Waals surface area contributed by atoms with Gasteiger partial charge in [-0.2, -0.15) is 16.3 Å². The molecule has 7 heteroatoms. The van der Waals surface area contributed by atoms with Crippen LogP contribution in [0.1, 0.15) is 18.7 Å². The summed E-state index contributed by atoms with van der Waals surface area (Å²) in [6, 6.07) is 11.4. The summed E-state index contributed by atoms with van der Waals surface area (Å²) in [5.74, 6) is 2.33. The predicted octanol–water partition coefficient (Wildman–Crippen LogP) is 3.66. The Kier molecular flexibility index (Phi) is 5.48. The molecule has 0 bridgehead atoms. The molecule has 0 saturated carbocycles. The minimum atomic E-state index is 0.0213. The molecule has 0 aliphatic carbocycles. The van der Waals surface area contributed by atoms with Gasteiger partial charge in [0.25, 0.3) is 5.91 Å². The monoisotopic (exact) mass is 383 g/mol. The minimum absolute atomic E-state index is 0.0213. The van der Waals surface area contributed by atoms with Crippen molar-refractivity contribution in [2.45, 2.75) is 19.3 Å². The van der Waals surface area contributed by atoms with Crippen LogP contribution in [0.15, 0.2) is 51.7 Å². The van der Waals surface area contributed by atoms with E-state index in [1.807, 2.05) is 52.1 Å². The summed E-state index contributed by atoms with van der Waals surface area (Å²) < 4.78 is 11.0. The molecule has 1 unspecified atom stereocenters. The second-order valence-electron chi connectivity index (χ2n) is 6.68. The SMILES string of the molecule is O=C(COc1ccccc1)N1CCCC(Cc2nc(-c3ccsc3)no2)C1. The van der Waals surface area contributed by atoms with Gasteiger partial charge in [0.2, 0.25) is 11.7 Å². The van der Waals surface area contributed by atoms with Gasteiger partial charge in [0.1, 0.15) is 5.75 Å². The lowest BCUT2D eigenvalue weighted by molar-refractivity contribution is -0.135. The number of benzene rings is 1. The fraction of sp³-hybridized carbons (Fsp3) is 0.350. The lowest BCUT2D eigenvalue weighted by Crippen LogP contribution is -2.42. The van der Waals surface area contributed by atoms with Crippen molar-refractivity contribution in [3.05, 3.63) is 53.0 Å². The van der Waals surface area contributed by atoms with E-state index in [1.165, 1.54) is 0 Å². The molecule has 27 heavy (non-hydrogen) atoms. The van der Waals surface area contributed by atoms with Crippen LogP contribution in [0.5, 0.6) is 5.75 Å². The van der Waals surface area contributed by atoms with E-state index in [-0.39, 0.29) is 12.5 Å². The number of carbonyl (C=O) groups is 1. The van der Waals surface area contributed by atoms with Crippen molar-refractivity contribution in [3.63, 3.8) is 0 Å². The molecule has 1 aliphatic heterocycles. The molecule has 1 saturated heterocycles. The van der Waals surface area contributed by atoms with Gasteiger partial charge < -0.3 is 14.2 Å². The Hall–Kier alpha value is -2.67. The van der Waals surface area contributed by atoms with Crippen LogP contribution in [0.3, 0.4) is 0 Å². The quantitative estimate of drug-likeness (QED) is 0.650. The lowest BCUT2D eigenvalue weighted by Gasteiger charge is -2.32. The largest absolute Gasteiger partial charge is 0.484 e. The zero-order valence-electron chi connectivity index (χ0n) is 14.9. The number of rotatable bonds is 6. The highest BCUT2D eigenvalue weighted by atomic mass is 32.1. The normalized spacial score (nSPS) is 17.0. The first-order valence-electron chi connectivity index (χ1n) is 9.09.